The SMILES string of the molecule is CC1(C)CCCN(C(=O)c2sc3cc(Br)ccc3c2N)C1. The van der Waals surface area contributed by atoms with E-state index in [1.165, 1.54) is 17.8 Å². The van der Waals surface area contributed by atoms with E-state index in [2.05, 4.69) is 29.8 Å². The van der Waals surface area contributed by atoms with Crippen LogP contribution < -0.4 is 5.73 Å². The van der Waals surface area contributed by atoms with Crippen LogP contribution in [0.3, 0.4) is 0 Å². The molecule has 1 saturated heterocycles. The summed E-state index contributed by atoms with van der Waals surface area (Å²) in [6.07, 6.45) is 2.24. The van der Waals surface area contributed by atoms with Gasteiger partial charge in [-0.25, -0.2) is 0 Å². The number of carbonyl (C=O) groups is 1. The molecule has 112 valence electrons. The fourth-order valence-electron chi connectivity index (χ4n) is 2.99. The van der Waals surface area contributed by atoms with Crippen molar-refractivity contribution in [2.24, 2.45) is 5.41 Å². The van der Waals surface area contributed by atoms with Gasteiger partial charge in [0.05, 0.1) is 5.69 Å². The summed E-state index contributed by atoms with van der Waals surface area (Å²) in [7, 11) is 0. The number of halogens is 1. The zero-order chi connectivity index (χ0) is 15.2. The molecule has 0 aliphatic carbocycles. The molecule has 0 unspecified atom stereocenters. The summed E-state index contributed by atoms with van der Waals surface area (Å²) in [5, 5.41) is 0.975. The molecule has 1 amide bonds. The van der Waals surface area contributed by atoms with Gasteiger partial charge in [0.15, 0.2) is 0 Å². The maximum atomic E-state index is 12.8. The molecule has 1 aliphatic rings. The Kier molecular flexibility index (Phi) is 3.74. The van der Waals surface area contributed by atoms with Crippen molar-refractivity contribution in [3.05, 3.63) is 27.5 Å². The van der Waals surface area contributed by atoms with Gasteiger partial charge in [-0.1, -0.05) is 35.8 Å². The number of nitrogen functional groups attached to an aromatic ring is 1. The molecule has 2 aromatic rings. The van der Waals surface area contributed by atoms with Gasteiger partial charge < -0.3 is 10.6 Å². The number of piperidine rings is 1. The number of rotatable bonds is 1. The number of anilines is 1. The number of nitrogens with two attached hydrogens (primary N) is 1. The summed E-state index contributed by atoms with van der Waals surface area (Å²) >= 11 is 4.96. The van der Waals surface area contributed by atoms with Crippen LogP contribution in [-0.2, 0) is 0 Å². The largest absolute Gasteiger partial charge is 0.397 e. The second-order valence-corrected chi connectivity index (χ2v) is 8.45. The highest BCUT2D eigenvalue weighted by Gasteiger charge is 2.31. The van der Waals surface area contributed by atoms with Crippen LogP contribution in [0.25, 0.3) is 10.1 Å². The Hall–Kier alpha value is -1.07. The smallest absolute Gasteiger partial charge is 0.266 e. The lowest BCUT2D eigenvalue weighted by Gasteiger charge is -2.37. The van der Waals surface area contributed by atoms with Crippen molar-refractivity contribution in [1.82, 2.24) is 4.90 Å². The first kappa shape index (κ1) is 14.9. The second-order valence-electron chi connectivity index (χ2n) is 6.48. The molecule has 2 N–H and O–H groups in total. The Labute approximate surface area is 137 Å². The number of likely N-dealkylation sites (tertiary alicyclic amines) is 1. The van der Waals surface area contributed by atoms with Crippen LogP contribution in [0.5, 0.6) is 0 Å². The van der Waals surface area contributed by atoms with E-state index in [1.807, 2.05) is 23.1 Å². The minimum absolute atomic E-state index is 0.0811. The second kappa shape index (κ2) is 5.29. The quantitative estimate of drug-likeness (QED) is 0.806. The molecule has 2 heterocycles. The Morgan fingerprint density at radius 3 is 2.90 bits per heavy atom. The van der Waals surface area contributed by atoms with Crippen molar-refractivity contribution in [2.45, 2.75) is 26.7 Å². The van der Waals surface area contributed by atoms with Crippen molar-refractivity contribution in [1.29, 1.82) is 0 Å². The van der Waals surface area contributed by atoms with Crippen molar-refractivity contribution in [2.75, 3.05) is 18.8 Å². The Bertz CT molecular complexity index is 708. The van der Waals surface area contributed by atoms with Gasteiger partial charge in [0, 0.05) is 27.6 Å². The van der Waals surface area contributed by atoms with Gasteiger partial charge in [0.25, 0.3) is 5.91 Å². The highest BCUT2D eigenvalue weighted by molar-refractivity contribution is 9.10. The minimum Gasteiger partial charge on any atom is -0.397 e. The molecular weight excluding hydrogens is 348 g/mol. The minimum atomic E-state index is 0.0811. The van der Waals surface area contributed by atoms with E-state index in [0.717, 1.165) is 34.1 Å². The molecule has 0 saturated carbocycles. The molecule has 0 bridgehead atoms. The molecule has 1 aliphatic heterocycles. The molecule has 1 aromatic carbocycles. The fraction of sp³-hybridized carbons (Fsp3) is 0.438. The van der Waals surface area contributed by atoms with Crippen LogP contribution in [0.4, 0.5) is 5.69 Å². The van der Waals surface area contributed by atoms with Gasteiger partial charge in [-0.3, -0.25) is 4.79 Å². The average Bonchev–Trinajstić information content (AvgIpc) is 2.73. The summed E-state index contributed by atoms with van der Waals surface area (Å²) in [6.45, 7) is 6.08. The molecule has 3 rings (SSSR count). The first-order valence-electron chi connectivity index (χ1n) is 7.14. The van der Waals surface area contributed by atoms with E-state index in [0.29, 0.717) is 10.6 Å². The van der Waals surface area contributed by atoms with Crippen LogP contribution >= 0.6 is 27.3 Å². The number of hydrogen-bond donors (Lipinski definition) is 1. The summed E-state index contributed by atoms with van der Waals surface area (Å²) in [4.78, 5) is 15.4. The van der Waals surface area contributed by atoms with Gasteiger partial charge in [0.2, 0.25) is 0 Å². The number of hydrogen-bond acceptors (Lipinski definition) is 3. The molecule has 21 heavy (non-hydrogen) atoms. The number of benzene rings is 1. The van der Waals surface area contributed by atoms with Gasteiger partial charge in [0.1, 0.15) is 4.88 Å². The van der Waals surface area contributed by atoms with E-state index in [4.69, 9.17) is 5.73 Å². The van der Waals surface area contributed by atoms with Gasteiger partial charge in [-0.15, -0.1) is 11.3 Å². The van der Waals surface area contributed by atoms with E-state index in [1.54, 1.807) is 0 Å². The third-order valence-corrected chi connectivity index (χ3v) is 5.72. The van der Waals surface area contributed by atoms with E-state index in [9.17, 15) is 4.79 Å². The number of carbonyl (C=O) groups excluding carboxylic acids is 1. The van der Waals surface area contributed by atoms with Crippen molar-refractivity contribution < 1.29 is 4.79 Å². The zero-order valence-electron chi connectivity index (χ0n) is 12.3. The lowest BCUT2D eigenvalue weighted by atomic mass is 9.84. The maximum Gasteiger partial charge on any atom is 0.266 e. The molecule has 1 aromatic heterocycles. The first-order valence-corrected chi connectivity index (χ1v) is 8.75. The van der Waals surface area contributed by atoms with Crippen LogP contribution in [0.1, 0.15) is 36.4 Å². The Morgan fingerprint density at radius 1 is 1.43 bits per heavy atom. The van der Waals surface area contributed by atoms with Gasteiger partial charge in [-0.05, 0) is 30.4 Å². The molecule has 0 radical (unpaired) electrons. The molecular formula is C16H19BrN2OS. The summed E-state index contributed by atoms with van der Waals surface area (Å²) in [6, 6.07) is 5.96. The van der Waals surface area contributed by atoms with Crippen molar-refractivity contribution in [3.8, 4) is 0 Å². The maximum absolute atomic E-state index is 12.8. The Morgan fingerprint density at radius 2 is 2.19 bits per heavy atom. The van der Waals surface area contributed by atoms with E-state index < -0.39 is 0 Å². The highest BCUT2D eigenvalue weighted by atomic mass is 79.9. The van der Waals surface area contributed by atoms with E-state index in [-0.39, 0.29) is 11.3 Å². The molecule has 0 spiro atoms. The predicted octanol–water partition coefficient (Wildman–Crippen LogP) is 4.51. The number of nitrogens with zero attached hydrogens (tertiary/aromatic N) is 1. The summed E-state index contributed by atoms with van der Waals surface area (Å²) < 4.78 is 2.07. The topological polar surface area (TPSA) is 46.3 Å². The van der Waals surface area contributed by atoms with Crippen LogP contribution in [0.15, 0.2) is 22.7 Å². The van der Waals surface area contributed by atoms with Crippen LogP contribution in [0, 0.1) is 5.41 Å². The number of thiophene rings is 1. The monoisotopic (exact) mass is 366 g/mol. The zero-order valence-corrected chi connectivity index (χ0v) is 14.7. The van der Waals surface area contributed by atoms with Crippen molar-refractivity contribution in [3.63, 3.8) is 0 Å². The standard InChI is InChI=1S/C16H19BrN2OS/c1-16(2)6-3-7-19(9-16)15(20)14-13(18)11-5-4-10(17)8-12(11)21-14/h4-5,8H,3,6-7,9,18H2,1-2H3. The average molecular weight is 367 g/mol. The van der Waals surface area contributed by atoms with Gasteiger partial charge >= 0.3 is 0 Å². The molecule has 5 heteroatoms. The summed E-state index contributed by atoms with van der Waals surface area (Å²) in [5.41, 5.74) is 7.03. The lowest BCUT2D eigenvalue weighted by Crippen LogP contribution is -2.43. The Balaban J connectivity index is 1.96. The van der Waals surface area contributed by atoms with Crippen LogP contribution in [-0.4, -0.2) is 23.9 Å². The van der Waals surface area contributed by atoms with E-state index >= 15 is 0 Å². The molecule has 1 fully saturated rings. The number of fused-ring (bicyclic) bond motifs is 1. The lowest BCUT2D eigenvalue weighted by molar-refractivity contribution is 0.0589. The predicted molar refractivity (Wildman–Crippen MR) is 92.9 cm³/mol. The third kappa shape index (κ3) is 2.81. The first-order chi connectivity index (χ1) is 9.87. The highest BCUT2D eigenvalue weighted by Crippen LogP contribution is 2.37. The summed E-state index contributed by atoms with van der Waals surface area (Å²) in [5.74, 6) is 0.0811. The van der Waals surface area contributed by atoms with Crippen molar-refractivity contribution >= 4 is 48.9 Å². The molecule has 3 nitrogen and oxygen atoms in total. The third-order valence-electron chi connectivity index (χ3n) is 4.07. The number of amides is 1. The normalized spacial score (nSPS) is 18.1. The molecule has 0 atom stereocenters. The van der Waals surface area contributed by atoms with Gasteiger partial charge in [-0.2, -0.15) is 0 Å². The fourth-order valence-corrected chi connectivity index (χ4v) is 4.63. The van der Waals surface area contributed by atoms with Crippen LogP contribution in [0.2, 0.25) is 0 Å².